The molecule has 3 rings (SSSR count). The summed E-state index contributed by atoms with van der Waals surface area (Å²) in [5.74, 6) is 0.776. The minimum absolute atomic E-state index is 0.0988. The predicted octanol–water partition coefficient (Wildman–Crippen LogP) is 4.28. The molecule has 2 aliphatic heterocycles. The normalized spacial score (nSPS) is 27.8. The van der Waals surface area contributed by atoms with Gasteiger partial charge in [-0.3, -0.25) is 14.6 Å². The van der Waals surface area contributed by atoms with Crippen LogP contribution in [0.4, 0.5) is 5.69 Å². The second-order valence-corrected chi connectivity index (χ2v) is 10.3. The van der Waals surface area contributed by atoms with Crippen molar-refractivity contribution in [1.82, 2.24) is 9.80 Å². The van der Waals surface area contributed by atoms with Gasteiger partial charge in [-0.25, -0.2) is 0 Å². The standard InChI is InChI=1S/C22H34ClN3O/c1-16-11-17(13-24(12-16)21(2,3)4)26-14-20(27)25(15-22(26,5)6)19-10-8-7-9-18(19)23/h7-10,16-17H,11-15H2,1-6H3/t16-,17+/m0/s1. The highest BCUT2D eigenvalue weighted by atomic mass is 35.5. The number of amides is 1. The van der Waals surface area contributed by atoms with E-state index in [0.29, 0.717) is 30.1 Å². The van der Waals surface area contributed by atoms with Crippen molar-refractivity contribution in [2.24, 2.45) is 5.92 Å². The number of rotatable bonds is 2. The van der Waals surface area contributed by atoms with Gasteiger partial charge in [-0.2, -0.15) is 0 Å². The zero-order valence-electron chi connectivity index (χ0n) is 17.6. The van der Waals surface area contributed by atoms with E-state index < -0.39 is 0 Å². The minimum atomic E-state index is -0.0988. The lowest BCUT2D eigenvalue weighted by Gasteiger charge is -2.54. The number of likely N-dealkylation sites (tertiary alicyclic amines) is 1. The summed E-state index contributed by atoms with van der Waals surface area (Å²) in [6.07, 6.45) is 1.15. The van der Waals surface area contributed by atoms with Gasteiger partial charge in [0.15, 0.2) is 0 Å². The quantitative estimate of drug-likeness (QED) is 0.752. The van der Waals surface area contributed by atoms with Gasteiger partial charge in [-0.15, -0.1) is 0 Å². The van der Waals surface area contributed by atoms with E-state index in [2.05, 4.69) is 51.3 Å². The number of nitrogens with zero attached hydrogens (tertiary/aromatic N) is 3. The lowest BCUT2D eigenvalue weighted by atomic mass is 9.87. The van der Waals surface area contributed by atoms with Crippen molar-refractivity contribution >= 4 is 23.2 Å². The summed E-state index contributed by atoms with van der Waals surface area (Å²) >= 11 is 6.38. The Morgan fingerprint density at radius 2 is 1.81 bits per heavy atom. The largest absolute Gasteiger partial charge is 0.308 e. The molecule has 0 aromatic heterocycles. The second kappa shape index (κ2) is 7.38. The number of benzene rings is 1. The zero-order valence-corrected chi connectivity index (χ0v) is 18.4. The molecule has 0 spiro atoms. The number of carbonyl (C=O) groups excluding carboxylic acids is 1. The van der Waals surface area contributed by atoms with Crippen LogP contribution in [0.1, 0.15) is 48.0 Å². The molecule has 0 aliphatic carbocycles. The molecule has 1 amide bonds. The molecule has 0 saturated carbocycles. The molecule has 5 heteroatoms. The van der Waals surface area contributed by atoms with Crippen LogP contribution in [-0.2, 0) is 4.79 Å². The fraction of sp³-hybridized carbons (Fsp3) is 0.682. The Hall–Kier alpha value is -1.10. The van der Waals surface area contributed by atoms with Crippen molar-refractivity contribution < 1.29 is 4.79 Å². The van der Waals surface area contributed by atoms with Gasteiger partial charge in [0.2, 0.25) is 5.91 Å². The van der Waals surface area contributed by atoms with Gasteiger partial charge in [0.05, 0.1) is 17.3 Å². The topological polar surface area (TPSA) is 26.8 Å². The van der Waals surface area contributed by atoms with E-state index in [1.54, 1.807) is 0 Å². The highest BCUT2D eigenvalue weighted by Gasteiger charge is 2.44. The van der Waals surface area contributed by atoms with Crippen LogP contribution in [0.25, 0.3) is 0 Å². The highest BCUT2D eigenvalue weighted by Crippen LogP contribution is 2.35. The molecular weight excluding hydrogens is 358 g/mol. The number of anilines is 1. The van der Waals surface area contributed by atoms with Crippen molar-refractivity contribution in [2.45, 2.75) is 65.1 Å². The summed E-state index contributed by atoms with van der Waals surface area (Å²) in [7, 11) is 0. The molecule has 2 heterocycles. The fourth-order valence-corrected chi connectivity index (χ4v) is 4.85. The fourth-order valence-electron chi connectivity index (χ4n) is 4.62. The van der Waals surface area contributed by atoms with Gasteiger partial charge in [0, 0.05) is 36.8 Å². The average molecular weight is 392 g/mol. The Kier molecular flexibility index (Phi) is 5.64. The molecule has 1 aromatic carbocycles. The van der Waals surface area contributed by atoms with Crippen LogP contribution in [0.15, 0.2) is 24.3 Å². The van der Waals surface area contributed by atoms with E-state index in [1.807, 2.05) is 29.2 Å². The summed E-state index contributed by atoms with van der Waals surface area (Å²) in [5, 5.41) is 0.639. The Morgan fingerprint density at radius 1 is 1.15 bits per heavy atom. The van der Waals surface area contributed by atoms with Crippen molar-refractivity contribution in [3.63, 3.8) is 0 Å². The van der Waals surface area contributed by atoms with E-state index in [4.69, 9.17) is 11.6 Å². The van der Waals surface area contributed by atoms with Gasteiger partial charge in [-0.05, 0) is 59.1 Å². The smallest absolute Gasteiger partial charge is 0.241 e. The van der Waals surface area contributed by atoms with Crippen LogP contribution < -0.4 is 4.90 Å². The van der Waals surface area contributed by atoms with Crippen LogP contribution in [0, 0.1) is 5.92 Å². The molecule has 0 bridgehead atoms. The molecule has 2 fully saturated rings. The van der Waals surface area contributed by atoms with Gasteiger partial charge >= 0.3 is 0 Å². The van der Waals surface area contributed by atoms with E-state index >= 15 is 0 Å². The van der Waals surface area contributed by atoms with Crippen molar-refractivity contribution in [3.05, 3.63) is 29.3 Å². The van der Waals surface area contributed by atoms with E-state index in [-0.39, 0.29) is 17.0 Å². The Morgan fingerprint density at radius 3 is 2.44 bits per heavy atom. The SMILES string of the molecule is C[C@H]1C[C@@H](N2CC(=O)N(c3ccccc3Cl)CC2(C)C)CN(C(C)(C)C)C1. The first-order valence-electron chi connectivity index (χ1n) is 10.1. The second-order valence-electron chi connectivity index (χ2n) is 9.94. The third-order valence-corrected chi connectivity index (χ3v) is 6.42. The third-order valence-electron chi connectivity index (χ3n) is 6.10. The number of hydrogen-bond donors (Lipinski definition) is 0. The molecule has 0 unspecified atom stereocenters. The van der Waals surface area contributed by atoms with Gasteiger partial charge in [0.1, 0.15) is 0 Å². The van der Waals surface area contributed by atoms with E-state index in [9.17, 15) is 4.79 Å². The van der Waals surface area contributed by atoms with Crippen LogP contribution >= 0.6 is 11.6 Å². The summed E-state index contributed by atoms with van der Waals surface area (Å²) in [5.41, 5.74) is 0.879. The summed E-state index contributed by atoms with van der Waals surface area (Å²) in [4.78, 5) is 19.9. The number of hydrogen-bond acceptors (Lipinski definition) is 3. The Balaban J connectivity index is 1.82. The van der Waals surface area contributed by atoms with Gasteiger partial charge in [0.25, 0.3) is 0 Å². The molecule has 27 heavy (non-hydrogen) atoms. The third kappa shape index (κ3) is 4.33. The van der Waals surface area contributed by atoms with Crippen LogP contribution in [0.5, 0.6) is 0 Å². The maximum Gasteiger partial charge on any atom is 0.241 e. The molecule has 2 saturated heterocycles. The molecule has 4 nitrogen and oxygen atoms in total. The zero-order chi connectivity index (χ0) is 20.0. The Bertz CT molecular complexity index is 697. The highest BCUT2D eigenvalue weighted by molar-refractivity contribution is 6.33. The van der Waals surface area contributed by atoms with Crippen molar-refractivity contribution in [3.8, 4) is 0 Å². The van der Waals surface area contributed by atoms with E-state index in [0.717, 1.165) is 25.2 Å². The first-order valence-corrected chi connectivity index (χ1v) is 10.4. The molecule has 1 aromatic rings. The molecule has 150 valence electrons. The summed E-state index contributed by atoms with van der Waals surface area (Å²) in [6, 6.07) is 8.05. The number of piperidine rings is 1. The molecule has 0 radical (unpaired) electrons. The summed E-state index contributed by atoms with van der Waals surface area (Å²) < 4.78 is 0. The monoisotopic (exact) mass is 391 g/mol. The molecular formula is C22H34ClN3O. The summed E-state index contributed by atoms with van der Waals surface area (Å²) in [6.45, 7) is 17.0. The maximum atomic E-state index is 13.1. The van der Waals surface area contributed by atoms with Gasteiger partial charge in [-0.1, -0.05) is 30.7 Å². The van der Waals surface area contributed by atoms with Gasteiger partial charge < -0.3 is 4.90 Å². The molecule has 2 aliphatic rings. The van der Waals surface area contributed by atoms with Crippen LogP contribution in [0.2, 0.25) is 5.02 Å². The maximum absolute atomic E-state index is 13.1. The predicted molar refractivity (Wildman–Crippen MR) is 113 cm³/mol. The molecule has 2 atom stereocenters. The number of para-hydroxylation sites is 1. The minimum Gasteiger partial charge on any atom is -0.308 e. The van der Waals surface area contributed by atoms with Crippen molar-refractivity contribution in [1.29, 1.82) is 0 Å². The first kappa shape index (κ1) is 20.6. The van der Waals surface area contributed by atoms with E-state index in [1.165, 1.54) is 0 Å². The lowest BCUT2D eigenvalue weighted by molar-refractivity contribution is -0.127. The van der Waals surface area contributed by atoms with Crippen LogP contribution in [0.3, 0.4) is 0 Å². The Labute approximate surface area is 169 Å². The average Bonchev–Trinajstić information content (AvgIpc) is 2.56. The number of piperazine rings is 1. The van der Waals surface area contributed by atoms with Crippen molar-refractivity contribution in [2.75, 3.05) is 31.1 Å². The first-order chi connectivity index (χ1) is 12.5. The van der Waals surface area contributed by atoms with Crippen LogP contribution in [-0.4, -0.2) is 59.0 Å². The number of carbonyl (C=O) groups is 1. The number of halogens is 1. The lowest BCUT2D eigenvalue weighted by Crippen LogP contribution is -2.68. The molecule has 0 N–H and O–H groups in total.